The molecular formula is C18H32O4. The van der Waals surface area contributed by atoms with Gasteiger partial charge in [0.25, 0.3) is 0 Å². The van der Waals surface area contributed by atoms with E-state index in [0.29, 0.717) is 25.2 Å². The van der Waals surface area contributed by atoms with Gasteiger partial charge in [-0.15, -0.1) is 0 Å². The number of aliphatic carboxylic acids is 1. The molecule has 1 heterocycles. The van der Waals surface area contributed by atoms with Crippen molar-refractivity contribution in [3.63, 3.8) is 0 Å². The summed E-state index contributed by atoms with van der Waals surface area (Å²) in [5, 5.41) is 17.2. The van der Waals surface area contributed by atoms with Crippen molar-refractivity contribution in [3.8, 4) is 0 Å². The van der Waals surface area contributed by atoms with Crippen LogP contribution in [-0.2, 0) is 9.53 Å². The summed E-state index contributed by atoms with van der Waals surface area (Å²) >= 11 is 0. The minimum absolute atomic E-state index is 0.303. The van der Waals surface area contributed by atoms with E-state index in [2.05, 4.69) is 12.2 Å². The van der Waals surface area contributed by atoms with Gasteiger partial charge in [-0.2, -0.15) is 0 Å². The van der Waals surface area contributed by atoms with Gasteiger partial charge >= 0.3 is 5.97 Å². The van der Waals surface area contributed by atoms with E-state index in [1.165, 1.54) is 12.8 Å². The Bertz CT molecular complexity index is 314. The summed E-state index contributed by atoms with van der Waals surface area (Å²) in [7, 11) is 0. The highest BCUT2D eigenvalue weighted by atomic mass is 16.6. The monoisotopic (exact) mass is 312 g/mol. The zero-order valence-corrected chi connectivity index (χ0v) is 13.7. The average molecular weight is 312 g/mol. The average Bonchev–Trinajstić information content (AvgIpc) is 3.24. The van der Waals surface area contributed by atoms with Gasteiger partial charge in [0.05, 0.1) is 12.2 Å². The largest absolute Gasteiger partial charge is 0.481 e. The van der Waals surface area contributed by atoms with Crippen molar-refractivity contribution in [1.82, 2.24) is 0 Å². The van der Waals surface area contributed by atoms with Crippen LogP contribution in [0.15, 0.2) is 12.2 Å². The van der Waals surface area contributed by atoms with Gasteiger partial charge in [-0.05, 0) is 38.5 Å². The number of aliphatic hydroxyl groups is 1. The summed E-state index contributed by atoms with van der Waals surface area (Å²) in [5.74, 6) is -0.683. The van der Waals surface area contributed by atoms with E-state index in [0.717, 1.165) is 57.8 Å². The highest BCUT2D eigenvalue weighted by molar-refractivity contribution is 5.66. The normalized spacial score (nSPS) is 20.6. The van der Waals surface area contributed by atoms with Crippen LogP contribution in [0.2, 0.25) is 0 Å². The molecule has 0 aromatic heterocycles. The quantitative estimate of drug-likeness (QED) is 0.272. The first-order chi connectivity index (χ1) is 10.7. The minimum atomic E-state index is -0.683. The standard InChI is InChI=1S/C18H32O4/c19-15-11-7-9-13-17-16(22-17)12-8-5-3-1-2-4-6-10-14-18(20)21/h5,8,16-17,19H,1-4,6-7,9-15H2,(H,20,21)/b8-5-. The van der Waals surface area contributed by atoms with E-state index in [-0.39, 0.29) is 0 Å². The van der Waals surface area contributed by atoms with Crippen molar-refractivity contribution in [2.24, 2.45) is 0 Å². The maximum Gasteiger partial charge on any atom is 0.303 e. The number of unbranched alkanes of at least 4 members (excludes halogenated alkanes) is 7. The Morgan fingerprint density at radius 2 is 1.64 bits per heavy atom. The second kappa shape index (κ2) is 12.7. The van der Waals surface area contributed by atoms with Crippen LogP contribution in [-0.4, -0.2) is 35.0 Å². The van der Waals surface area contributed by atoms with E-state index in [1.807, 2.05) is 0 Å². The molecule has 1 aliphatic heterocycles. The molecule has 128 valence electrons. The molecule has 1 rings (SSSR count). The van der Waals surface area contributed by atoms with E-state index in [4.69, 9.17) is 14.9 Å². The van der Waals surface area contributed by atoms with Gasteiger partial charge in [-0.25, -0.2) is 0 Å². The Morgan fingerprint density at radius 3 is 2.41 bits per heavy atom. The highest BCUT2D eigenvalue weighted by Gasteiger charge is 2.36. The summed E-state index contributed by atoms with van der Waals surface area (Å²) in [6.07, 6.45) is 17.5. The molecule has 1 saturated heterocycles. The molecule has 4 heteroatoms. The molecule has 0 aromatic rings. The molecule has 0 saturated carbocycles. The number of ether oxygens (including phenoxy) is 1. The topological polar surface area (TPSA) is 70.1 Å². The fraction of sp³-hybridized carbons (Fsp3) is 0.833. The van der Waals surface area contributed by atoms with Crippen molar-refractivity contribution in [2.75, 3.05) is 6.61 Å². The van der Waals surface area contributed by atoms with Gasteiger partial charge in [-0.3, -0.25) is 4.79 Å². The Balaban J connectivity index is 1.80. The Morgan fingerprint density at radius 1 is 0.909 bits per heavy atom. The lowest BCUT2D eigenvalue weighted by molar-refractivity contribution is -0.137. The van der Waals surface area contributed by atoms with Crippen molar-refractivity contribution in [3.05, 3.63) is 12.2 Å². The summed E-state index contributed by atoms with van der Waals surface area (Å²) in [5.41, 5.74) is 0. The van der Waals surface area contributed by atoms with Gasteiger partial charge < -0.3 is 14.9 Å². The second-order valence-electron chi connectivity index (χ2n) is 6.19. The third-order valence-corrected chi connectivity index (χ3v) is 4.13. The zero-order chi connectivity index (χ0) is 16.0. The molecule has 0 spiro atoms. The predicted octanol–water partition coefficient (Wildman–Crippen LogP) is 4.07. The molecule has 2 unspecified atom stereocenters. The second-order valence-corrected chi connectivity index (χ2v) is 6.19. The lowest BCUT2D eigenvalue weighted by Crippen LogP contribution is -1.93. The van der Waals surface area contributed by atoms with Crippen molar-refractivity contribution < 1.29 is 19.7 Å². The van der Waals surface area contributed by atoms with Crippen molar-refractivity contribution >= 4 is 5.97 Å². The molecule has 0 bridgehead atoms. The first-order valence-electron chi connectivity index (χ1n) is 8.87. The number of allylic oxidation sites excluding steroid dienone is 1. The smallest absolute Gasteiger partial charge is 0.303 e. The van der Waals surface area contributed by atoms with E-state index in [1.54, 1.807) is 0 Å². The van der Waals surface area contributed by atoms with Crippen LogP contribution in [0.5, 0.6) is 0 Å². The first kappa shape index (κ1) is 19.2. The third kappa shape index (κ3) is 10.8. The summed E-state index contributed by atoms with van der Waals surface area (Å²) < 4.78 is 5.63. The van der Waals surface area contributed by atoms with Crippen molar-refractivity contribution in [2.45, 2.75) is 89.3 Å². The fourth-order valence-corrected chi connectivity index (χ4v) is 2.69. The Hall–Kier alpha value is -0.870. The van der Waals surface area contributed by atoms with Gasteiger partial charge in [0.15, 0.2) is 0 Å². The first-order valence-corrected chi connectivity index (χ1v) is 8.87. The number of hydrogen-bond donors (Lipinski definition) is 2. The third-order valence-electron chi connectivity index (χ3n) is 4.13. The number of hydrogen-bond acceptors (Lipinski definition) is 3. The molecule has 22 heavy (non-hydrogen) atoms. The molecule has 1 fully saturated rings. The van der Waals surface area contributed by atoms with E-state index >= 15 is 0 Å². The molecule has 0 aliphatic carbocycles. The minimum Gasteiger partial charge on any atom is -0.481 e. The van der Waals surface area contributed by atoms with Crippen LogP contribution < -0.4 is 0 Å². The number of rotatable bonds is 15. The maximum atomic E-state index is 10.3. The van der Waals surface area contributed by atoms with Gasteiger partial charge in [-0.1, -0.05) is 44.3 Å². The lowest BCUT2D eigenvalue weighted by Gasteiger charge is -1.98. The molecular weight excluding hydrogens is 280 g/mol. The summed E-state index contributed by atoms with van der Waals surface area (Å²) in [6, 6.07) is 0. The van der Waals surface area contributed by atoms with Crippen LogP contribution >= 0.6 is 0 Å². The fourth-order valence-electron chi connectivity index (χ4n) is 2.69. The maximum absolute atomic E-state index is 10.3. The highest BCUT2D eigenvalue weighted by Crippen LogP contribution is 2.30. The number of epoxide rings is 1. The number of carboxylic acids is 1. The van der Waals surface area contributed by atoms with Gasteiger partial charge in [0.2, 0.25) is 0 Å². The van der Waals surface area contributed by atoms with Crippen LogP contribution in [0.4, 0.5) is 0 Å². The SMILES string of the molecule is O=C(O)CCCCCCC/C=C\CC1OC1CCCCCO. The number of aliphatic hydroxyl groups excluding tert-OH is 1. The Kier molecular flexibility index (Phi) is 11.0. The molecule has 0 radical (unpaired) electrons. The van der Waals surface area contributed by atoms with Gasteiger partial charge in [0, 0.05) is 13.0 Å². The number of carbonyl (C=O) groups is 1. The molecule has 1 aliphatic rings. The van der Waals surface area contributed by atoms with E-state index in [9.17, 15) is 4.79 Å². The van der Waals surface area contributed by atoms with E-state index < -0.39 is 5.97 Å². The predicted molar refractivity (Wildman–Crippen MR) is 87.9 cm³/mol. The Labute approximate surface area is 134 Å². The lowest BCUT2D eigenvalue weighted by atomic mass is 10.1. The number of carboxylic acid groups (broad SMARTS) is 1. The molecule has 2 atom stereocenters. The van der Waals surface area contributed by atoms with Crippen molar-refractivity contribution in [1.29, 1.82) is 0 Å². The van der Waals surface area contributed by atoms with Crippen LogP contribution in [0, 0.1) is 0 Å². The molecule has 4 nitrogen and oxygen atoms in total. The summed E-state index contributed by atoms with van der Waals surface area (Å²) in [6.45, 7) is 0.303. The van der Waals surface area contributed by atoms with Crippen LogP contribution in [0.3, 0.4) is 0 Å². The summed E-state index contributed by atoms with van der Waals surface area (Å²) in [4.78, 5) is 10.3. The van der Waals surface area contributed by atoms with Crippen LogP contribution in [0.25, 0.3) is 0 Å². The molecule has 0 aromatic carbocycles. The van der Waals surface area contributed by atoms with Gasteiger partial charge in [0.1, 0.15) is 0 Å². The molecule has 2 N–H and O–H groups in total. The molecule has 0 amide bonds. The zero-order valence-electron chi connectivity index (χ0n) is 13.7. The van der Waals surface area contributed by atoms with Crippen LogP contribution in [0.1, 0.15) is 77.0 Å².